The lowest BCUT2D eigenvalue weighted by Gasteiger charge is -2.02. The van der Waals surface area contributed by atoms with Gasteiger partial charge in [0.05, 0.1) is 10.8 Å². The van der Waals surface area contributed by atoms with Crippen molar-refractivity contribution in [3.05, 3.63) is 41.3 Å². The standard InChI is InChI=1S/C15H18O2S/c1-12-4-8-15(9-5-12)18(17)10-2-3-13-6-7-14(16)11-13/h2,4-5,8-10,13H,3,6-7,11H2,1H3/b10-2+/t13-,18-/m1/s1. The van der Waals surface area contributed by atoms with Crippen molar-refractivity contribution in [3.63, 3.8) is 0 Å². The number of carbonyl (C=O) groups excluding carboxylic acids is 1. The largest absolute Gasteiger partial charge is 0.300 e. The Morgan fingerprint density at radius 1 is 1.33 bits per heavy atom. The van der Waals surface area contributed by atoms with Crippen LogP contribution in [0.3, 0.4) is 0 Å². The second kappa shape index (κ2) is 6.10. The van der Waals surface area contributed by atoms with Crippen molar-refractivity contribution in [2.24, 2.45) is 5.92 Å². The summed E-state index contributed by atoms with van der Waals surface area (Å²) < 4.78 is 12.0. The van der Waals surface area contributed by atoms with Gasteiger partial charge in [-0.25, -0.2) is 4.21 Å². The van der Waals surface area contributed by atoms with Gasteiger partial charge in [-0.3, -0.25) is 4.79 Å². The molecule has 0 aromatic heterocycles. The first-order chi connectivity index (χ1) is 8.65. The van der Waals surface area contributed by atoms with Crippen molar-refractivity contribution in [1.82, 2.24) is 0 Å². The summed E-state index contributed by atoms with van der Waals surface area (Å²) in [5, 5.41) is 1.74. The van der Waals surface area contributed by atoms with E-state index in [0.29, 0.717) is 18.1 Å². The Bertz CT molecular complexity index is 474. The summed E-state index contributed by atoms with van der Waals surface area (Å²) in [5.41, 5.74) is 1.17. The molecule has 96 valence electrons. The van der Waals surface area contributed by atoms with E-state index < -0.39 is 10.8 Å². The fraction of sp³-hybridized carbons (Fsp3) is 0.400. The number of ketones is 1. The second-order valence-electron chi connectivity index (χ2n) is 4.87. The van der Waals surface area contributed by atoms with Crippen molar-refractivity contribution in [1.29, 1.82) is 0 Å². The zero-order valence-electron chi connectivity index (χ0n) is 10.6. The van der Waals surface area contributed by atoms with E-state index in [-0.39, 0.29) is 0 Å². The van der Waals surface area contributed by atoms with Crippen LogP contribution in [0.25, 0.3) is 0 Å². The normalized spacial score (nSPS) is 21.6. The van der Waals surface area contributed by atoms with Crippen molar-refractivity contribution in [3.8, 4) is 0 Å². The van der Waals surface area contributed by atoms with Crippen LogP contribution >= 0.6 is 0 Å². The molecule has 0 spiro atoms. The summed E-state index contributed by atoms with van der Waals surface area (Å²) in [6.07, 6.45) is 5.23. The summed E-state index contributed by atoms with van der Waals surface area (Å²) in [6, 6.07) is 7.73. The molecule has 0 N–H and O–H groups in total. The monoisotopic (exact) mass is 262 g/mol. The first-order valence-electron chi connectivity index (χ1n) is 6.31. The molecule has 0 heterocycles. The highest BCUT2D eigenvalue weighted by Crippen LogP contribution is 2.25. The average molecular weight is 262 g/mol. The first kappa shape index (κ1) is 13.2. The number of hydrogen-bond donors (Lipinski definition) is 0. The number of Topliss-reactive ketones (excluding diaryl/α,β-unsaturated/α-hetero) is 1. The molecule has 2 nitrogen and oxygen atoms in total. The maximum atomic E-state index is 12.0. The fourth-order valence-electron chi connectivity index (χ4n) is 2.18. The Balaban J connectivity index is 1.87. The molecule has 1 saturated carbocycles. The Hall–Kier alpha value is -1.22. The Labute approximate surface area is 111 Å². The van der Waals surface area contributed by atoms with Crippen LogP contribution in [0, 0.1) is 12.8 Å². The zero-order valence-corrected chi connectivity index (χ0v) is 11.4. The van der Waals surface area contributed by atoms with Gasteiger partial charge in [-0.2, -0.15) is 0 Å². The lowest BCUT2D eigenvalue weighted by Crippen LogP contribution is -1.93. The molecule has 2 rings (SSSR count). The van der Waals surface area contributed by atoms with Crippen LogP contribution < -0.4 is 0 Å². The van der Waals surface area contributed by atoms with Gasteiger partial charge in [0.1, 0.15) is 5.78 Å². The average Bonchev–Trinajstić information content (AvgIpc) is 2.76. The van der Waals surface area contributed by atoms with Crippen LogP contribution in [0.4, 0.5) is 0 Å². The number of benzene rings is 1. The van der Waals surface area contributed by atoms with Gasteiger partial charge in [0.25, 0.3) is 0 Å². The number of hydrogen-bond acceptors (Lipinski definition) is 2. The van der Waals surface area contributed by atoms with E-state index in [0.717, 1.165) is 24.2 Å². The first-order valence-corrected chi connectivity index (χ1v) is 7.52. The number of carbonyl (C=O) groups is 1. The Morgan fingerprint density at radius 2 is 2.06 bits per heavy atom. The van der Waals surface area contributed by atoms with Crippen molar-refractivity contribution in [2.45, 2.75) is 37.5 Å². The van der Waals surface area contributed by atoms with Gasteiger partial charge in [-0.1, -0.05) is 23.8 Å². The van der Waals surface area contributed by atoms with Gasteiger partial charge in [0.15, 0.2) is 0 Å². The van der Waals surface area contributed by atoms with E-state index in [2.05, 4.69) is 0 Å². The molecule has 1 aromatic carbocycles. The minimum absolute atomic E-state index is 0.369. The zero-order chi connectivity index (χ0) is 13.0. The summed E-state index contributed by atoms with van der Waals surface area (Å²) in [7, 11) is -1.07. The molecule has 1 fully saturated rings. The van der Waals surface area contributed by atoms with Crippen molar-refractivity contribution < 1.29 is 9.00 Å². The molecule has 2 atom stereocenters. The van der Waals surface area contributed by atoms with E-state index in [1.807, 2.05) is 37.3 Å². The van der Waals surface area contributed by atoms with Gasteiger partial charge >= 0.3 is 0 Å². The molecule has 0 bridgehead atoms. The maximum absolute atomic E-state index is 12.0. The molecule has 18 heavy (non-hydrogen) atoms. The lowest BCUT2D eigenvalue weighted by molar-refractivity contribution is -0.117. The third-order valence-corrected chi connectivity index (χ3v) is 4.47. The van der Waals surface area contributed by atoms with Gasteiger partial charge in [-0.05, 0) is 37.8 Å². The molecular weight excluding hydrogens is 244 g/mol. The lowest BCUT2D eigenvalue weighted by atomic mass is 10.0. The van der Waals surface area contributed by atoms with Crippen LogP contribution in [0.2, 0.25) is 0 Å². The number of allylic oxidation sites excluding steroid dienone is 1. The van der Waals surface area contributed by atoms with Crippen LogP contribution in [-0.4, -0.2) is 9.99 Å². The second-order valence-corrected chi connectivity index (χ2v) is 6.20. The van der Waals surface area contributed by atoms with E-state index in [4.69, 9.17) is 0 Å². The summed E-state index contributed by atoms with van der Waals surface area (Å²) in [5.74, 6) is 0.830. The highest BCUT2D eigenvalue weighted by molar-refractivity contribution is 7.88. The molecule has 0 unspecified atom stereocenters. The van der Waals surface area contributed by atoms with E-state index in [1.165, 1.54) is 5.56 Å². The smallest absolute Gasteiger partial charge is 0.133 e. The fourth-order valence-corrected chi connectivity index (χ4v) is 3.03. The molecular formula is C15H18O2S. The summed E-state index contributed by atoms with van der Waals surface area (Å²) in [6.45, 7) is 2.01. The topological polar surface area (TPSA) is 34.1 Å². The molecule has 1 aliphatic carbocycles. The highest BCUT2D eigenvalue weighted by Gasteiger charge is 2.20. The molecule has 0 radical (unpaired) electrons. The third-order valence-electron chi connectivity index (χ3n) is 3.29. The van der Waals surface area contributed by atoms with Crippen LogP contribution in [0.5, 0.6) is 0 Å². The van der Waals surface area contributed by atoms with E-state index in [1.54, 1.807) is 5.41 Å². The van der Waals surface area contributed by atoms with Gasteiger partial charge in [-0.15, -0.1) is 0 Å². The third kappa shape index (κ3) is 3.64. The minimum atomic E-state index is -1.07. The quantitative estimate of drug-likeness (QED) is 0.833. The van der Waals surface area contributed by atoms with Crippen LogP contribution in [0.1, 0.15) is 31.2 Å². The molecule has 0 amide bonds. The summed E-state index contributed by atoms with van der Waals surface area (Å²) in [4.78, 5) is 12.0. The molecule has 1 aliphatic rings. The van der Waals surface area contributed by atoms with Gasteiger partial charge in [0.2, 0.25) is 0 Å². The number of rotatable bonds is 4. The Morgan fingerprint density at radius 3 is 2.67 bits per heavy atom. The SMILES string of the molecule is Cc1ccc([S@](=O)/C=C/C[C@@H]2CCC(=O)C2)cc1. The van der Waals surface area contributed by atoms with Gasteiger partial charge < -0.3 is 0 Å². The Kier molecular flexibility index (Phi) is 4.48. The minimum Gasteiger partial charge on any atom is -0.300 e. The van der Waals surface area contributed by atoms with Crippen molar-refractivity contribution >= 4 is 16.6 Å². The molecule has 1 aromatic rings. The van der Waals surface area contributed by atoms with Crippen molar-refractivity contribution in [2.75, 3.05) is 0 Å². The maximum Gasteiger partial charge on any atom is 0.133 e. The number of aryl methyl sites for hydroxylation is 1. The molecule has 0 saturated heterocycles. The predicted molar refractivity (Wildman–Crippen MR) is 73.7 cm³/mol. The highest BCUT2D eigenvalue weighted by atomic mass is 32.2. The van der Waals surface area contributed by atoms with E-state index >= 15 is 0 Å². The van der Waals surface area contributed by atoms with Crippen LogP contribution in [0.15, 0.2) is 40.6 Å². The van der Waals surface area contributed by atoms with Gasteiger partial charge in [0, 0.05) is 23.1 Å². The molecule has 0 aliphatic heterocycles. The van der Waals surface area contributed by atoms with Crippen LogP contribution in [-0.2, 0) is 15.6 Å². The predicted octanol–water partition coefficient (Wildman–Crippen LogP) is 3.38. The van der Waals surface area contributed by atoms with E-state index in [9.17, 15) is 9.00 Å². The summed E-state index contributed by atoms with van der Waals surface area (Å²) >= 11 is 0. The molecule has 3 heteroatoms.